The lowest BCUT2D eigenvalue weighted by atomic mass is 10.3. The number of halogens is 1. The van der Waals surface area contributed by atoms with Crippen LogP contribution in [0.25, 0.3) is 0 Å². The Kier molecular flexibility index (Phi) is 3.49. The van der Waals surface area contributed by atoms with Crippen LogP contribution in [-0.4, -0.2) is 36.4 Å². The fourth-order valence-electron chi connectivity index (χ4n) is 1.62. The van der Waals surface area contributed by atoms with Crippen molar-refractivity contribution in [3.63, 3.8) is 0 Å². The molecule has 0 bridgehead atoms. The SMILES string of the molecule is O=S1(=O)CC(O)C(Sc2cccc(Cl)c2)C1. The first-order valence-corrected chi connectivity index (χ1v) is 7.85. The predicted octanol–water partition coefficient (Wildman–Crippen LogP) is 1.59. The monoisotopic (exact) mass is 278 g/mol. The third kappa shape index (κ3) is 2.91. The van der Waals surface area contributed by atoms with E-state index in [1.807, 2.05) is 6.07 Å². The van der Waals surface area contributed by atoms with Crippen LogP contribution < -0.4 is 0 Å². The summed E-state index contributed by atoms with van der Waals surface area (Å²) >= 11 is 7.19. The Balaban J connectivity index is 2.11. The second kappa shape index (κ2) is 4.56. The summed E-state index contributed by atoms with van der Waals surface area (Å²) in [6.07, 6.45) is -0.783. The van der Waals surface area contributed by atoms with Gasteiger partial charge in [-0.3, -0.25) is 0 Å². The van der Waals surface area contributed by atoms with Crippen LogP contribution in [-0.2, 0) is 9.84 Å². The van der Waals surface area contributed by atoms with Crippen LogP contribution in [0.4, 0.5) is 0 Å². The first-order chi connectivity index (χ1) is 7.46. The summed E-state index contributed by atoms with van der Waals surface area (Å²) in [5.74, 6) is -0.101. The van der Waals surface area contributed by atoms with E-state index in [0.29, 0.717) is 5.02 Å². The lowest BCUT2D eigenvalue weighted by molar-refractivity contribution is 0.207. The molecule has 0 spiro atoms. The molecule has 6 heteroatoms. The van der Waals surface area contributed by atoms with Gasteiger partial charge in [0.1, 0.15) is 0 Å². The van der Waals surface area contributed by atoms with Gasteiger partial charge in [0.05, 0.1) is 22.9 Å². The smallest absolute Gasteiger partial charge is 0.154 e. The Hall–Kier alpha value is -0.230. The van der Waals surface area contributed by atoms with Gasteiger partial charge in [0.25, 0.3) is 0 Å². The molecule has 2 unspecified atom stereocenters. The molecular formula is C10H11ClO3S2. The minimum absolute atomic E-state index is 0.0331. The topological polar surface area (TPSA) is 54.4 Å². The van der Waals surface area contributed by atoms with Crippen LogP contribution in [0, 0.1) is 0 Å². The summed E-state index contributed by atoms with van der Waals surface area (Å²) in [5.41, 5.74) is 0. The van der Waals surface area contributed by atoms with Gasteiger partial charge in [0.2, 0.25) is 0 Å². The van der Waals surface area contributed by atoms with Gasteiger partial charge in [0.15, 0.2) is 9.84 Å². The van der Waals surface area contributed by atoms with E-state index in [1.165, 1.54) is 11.8 Å². The molecule has 1 N–H and O–H groups in total. The molecule has 0 saturated carbocycles. The van der Waals surface area contributed by atoms with Gasteiger partial charge in [-0.1, -0.05) is 17.7 Å². The van der Waals surface area contributed by atoms with Crippen LogP contribution in [0.1, 0.15) is 0 Å². The second-order valence-corrected chi connectivity index (χ2v) is 7.66. The number of sulfone groups is 1. The van der Waals surface area contributed by atoms with Crippen LogP contribution in [0.2, 0.25) is 5.02 Å². The highest BCUT2D eigenvalue weighted by atomic mass is 35.5. The molecule has 3 nitrogen and oxygen atoms in total. The molecule has 0 aromatic heterocycles. The van der Waals surface area contributed by atoms with E-state index in [0.717, 1.165) is 4.90 Å². The standard InChI is InChI=1S/C10H11ClO3S2/c11-7-2-1-3-8(4-7)15-10-6-16(13,14)5-9(10)12/h1-4,9-10,12H,5-6H2. The van der Waals surface area contributed by atoms with Crippen molar-refractivity contribution in [1.29, 1.82) is 0 Å². The maximum atomic E-state index is 11.3. The average molecular weight is 279 g/mol. The van der Waals surface area contributed by atoms with E-state index in [-0.39, 0.29) is 16.8 Å². The van der Waals surface area contributed by atoms with Crippen molar-refractivity contribution < 1.29 is 13.5 Å². The molecule has 1 aromatic carbocycles. The van der Waals surface area contributed by atoms with Crippen LogP contribution >= 0.6 is 23.4 Å². The molecule has 0 radical (unpaired) electrons. The van der Waals surface area contributed by atoms with E-state index in [9.17, 15) is 13.5 Å². The van der Waals surface area contributed by atoms with E-state index < -0.39 is 15.9 Å². The molecule has 1 saturated heterocycles. The molecule has 1 heterocycles. The number of hydrogen-bond acceptors (Lipinski definition) is 4. The lowest BCUT2D eigenvalue weighted by Gasteiger charge is -2.11. The first-order valence-electron chi connectivity index (χ1n) is 4.77. The van der Waals surface area contributed by atoms with E-state index in [1.54, 1.807) is 18.2 Å². The van der Waals surface area contributed by atoms with Crippen molar-refractivity contribution in [2.24, 2.45) is 0 Å². The molecule has 88 valence electrons. The van der Waals surface area contributed by atoms with Crippen LogP contribution in [0.5, 0.6) is 0 Å². The highest BCUT2D eigenvalue weighted by Crippen LogP contribution is 2.32. The minimum Gasteiger partial charge on any atom is -0.391 e. The Bertz CT molecular complexity index is 487. The third-order valence-electron chi connectivity index (χ3n) is 2.36. The molecule has 1 aliphatic heterocycles. The summed E-state index contributed by atoms with van der Waals surface area (Å²) in [6, 6.07) is 7.19. The van der Waals surface area contributed by atoms with Gasteiger partial charge >= 0.3 is 0 Å². The van der Waals surface area contributed by atoms with Crippen molar-refractivity contribution in [2.75, 3.05) is 11.5 Å². The Morgan fingerprint density at radius 1 is 1.38 bits per heavy atom. The lowest BCUT2D eigenvalue weighted by Crippen LogP contribution is -2.19. The molecule has 1 aromatic rings. The van der Waals surface area contributed by atoms with Crippen LogP contribution in [0.15, 0.2) is 29.2 Å². The maximum Gasteiger partial charge on any atom is 0.154 e. The molecule has 0 aliphatic carbocycles. The number of aliphatic hydroxyl groups is 1. The number of benzene rings is 1. The van der Waals surface area contributed by atoms with Crippen molar-refractivity contribution in [3.05, 3.63) is 29.3 Å². The van der Waals surface area contributed by atoms with E-state index in [2.05, 4.69) is 0 Å². The van der Waals surface area contributed by atoms with Crippen molar-refractivity contribution in [2.45, 2.75) is 16.2 Å². The zero-order valence-corrected chi connectivity index (χ0v) is 10.7. The molecule has 2 atom stereocenters. The quantitative estimate of drug-likeness (QED) is 0.893. The maximum absolute atomic E-state index is 11.3. The Morgan fingerprint density at radius 3 is 2.69 bits per heavy atom. The Morgan fingerprint density at radius 2 is 2.12 bits per heavy atom. The largest absolute Gasteiger partial charge is 0.391 e. The fraction of sp³-hybridized carbons (Fsp3) is 0.400. The zero-order chi connectivity index (χ0) is 11.8. The van der Waals surface area contributed by atoms with E-state index >= 15 is 0 Å². The summed E-state index contributed by atoms with van der Waals surface area (Å²) in [7, 11) is -3.08. The summed E-state index contributed by atoms with van der Waals surface area (Å²) in [5, 5.41) is 9.95. The summed E-state index contributed by atoms with van der Waals surface area (Å²) in [6.45, 7) is 0. The van der Waals surface area contributed by atoms with E-state index in [4.69, 9.17) is 11.6 Å². The van der Waals surface area contributed by atoms with Gasteiger partial charge < -0.3 is 5.11 Å². The third-order valence-corrected chi connectivity index (χ3v) is 5.83. The van der Waals surface area contributed by atoms with Crippen molar-refractivity contribution >= 4 is 33.2 Å². The highest BCUT2D eigenvalue weighted by Gasteiger charge is 2.36. The fourth-order valence-corrected chi connectivity index (χ4v) is 5.46. The average Bonchev–Trinajstić information content (AvgIpc) is 2.39. The number of rotatable bonds is 2. The number of aliphatic hydroxyl groups excluding tert-OH is 1. The molecule has 16 heavy (non-hydrogen) atoms. The van der Waals surface area contributed by atoms with Gasteiger partial charge in [-0.15, -0.1) is 11.8 Å². The zero-order valence-electron chi connectivity index (χ0n) is 8.34. The molecule has 1 fully saturated rings. The molecule has 0 amide bonds. The number of thioether (sulfide) groups is 1. The summed E-state index contributed by atoms with van der Waals surface area (Å²) < 4.78 is 22.6. The molecular weight excluding hydrogens is 268 g/mol. The van der Waals surface area contributed by atoms with Crippen molar-refractivity contribution in [1.82, 2.24) is 0 Å². The van der Waals surface area contributed by atoms with Gasteiger partial charge in [-0.05, 0) is 18.2 Å². The highest BCUT2D eigenvalue weighted by molar-refractivity contribution is 8.02. The molecule has 2 rings (SSSR count). The minimum atomic E-state index is -3.08. The normalized spacial score (nSPS) is 28.1. The van der Waals surface area contributed by atoms with Crippen molar-refractivity contribution in [3.8, 4) is 0 Å². The molecule has 1 aliphatic rings. The van der Waals surface area contributed by atoms with Gasteiger partial charge in [0, 0.05) is 9.92 Å². The second-order valence-electron chi connectivity index (χ2n) is 3.76. The van der Waals surface area contributed by atoms with Crippen LogP contribution in [0.3, 0.4) is 0 Å². The van der Waals surface area contributed by atoms with Gasteiger partial charge in [-0.25, -0.2) is 8.42 Å². The van der Waals surface area contributed by atoms with Gasteiger partial charge in [-0.2, -0.15) is 0 Å². The first kappa shape index (κ1) is 12.2. The number of hydrogen-bond donors (Lipinski definition) is 1. The summed E-state index contributed by atoms with van der Waals surface area (Å²) in [4.78, 5) is 0.883. The Labute approximate surface area is 104 Å². The predicted molar refractivity (Wildman–Crippen MR) is 65.8 cm³/mol.